The third-order valence-electron chi connectivity index (χ3n) is 7.45. The van der Waals surface area contributed by atoms with Crippen molar-refractivity contribution >= 4 is 29.1 Å². The van der Waals surface area contributed by atoms with Gasteiger partial charge in [-0.05, 0) is 48.2 Å². The average molecular weight is 494 g/mol. The molecule has 2 aromatic carbocycles. The van der Waals surface area contributed by atoms with Crippen LogP contribution >= 0.6 is 0 Å². The number of carbonyl (C=O) groups excluding carboxylic acids is 3. The number of imide groups is 1. The molecule has 0 aromatic heterocycles. The highest BCUT2D eigenvalue weighted by atomic mass is 19.1. The second-order valence-electron chi connectivity index (χ2n) is 10.1. The molecule has 36 heavy (non-hydrogen) atoms. The van der Waals surface area contributed by atoms with Crippen molar-refractivity contribution in [2.45, 2.75) is 38.9 Å². The Balaban J connectivity index is 1.24. The number of piperidine rings is 1. The molecule has 3 aliphatic rings. The fourth-order valence-electron chi connectivity index (χ4n) is 5.54. The summed E-state index contributed by atoms with van der Waals surface area (Å²) in [5, 5.41) is 2.30. The van der Waals surface area contributed by atoms with Crippen LogP contribution in [0.25, 0.3) is 0 Å². The first-order valence-corrected chi connectivity index (χ1v) is 12.4. The molecule has 0 radical (unpaired) electrons. The second-order valence-corrected chi connectivity index (χ2v) is 10.1. The number of carbonyl (C=O) groups is 3. The molecule has 1 N–H and O–H groups in total. The van der Waals surface area contributed by atoms with Gasteiger partial charge < -0.3 is 14.7 Å². The van der Waals surface area contributed by atoms with E-state index in [4.69, 9.17) is 0 Å². The molecule has 0 bridgehead atoms. The smallest absolute Gasteiger partial charge is 0.255 e. The maximum absolute atomic E-state index is 15.1. The van der Waals surface area contributed by atoms with E-state index >= 15 is 4.39 Å². The SMILES string of the molecule is Cc1cc(CN2CCN(c3cc4c(cc3F)C(=O)N(C3CCC(=O)NC3=O)C4)CC2)ccc1N(C)C. The van der Waals surface area contributed by atoms with E-state index in [1.807, 2.05) is 19.0 Å². The number of hydrogen-bond donors (Lipinski definition) is 1. The van der Waals surface area contributed by atoms with E-state index in [1.165, 1.54) is 27.8 Å². The number of amides is 3. The molecule has 3 amide bonds. The van der Waals surface area contributed by atoms with E-state index in [0.29, 0.717) is 30.8 Å². The van der Waals surface area contributed by atoms with Gasteiger partial charge in [0.2, 0.25) is 11.8 Å². The van der Waals surface area contributed by atoms with Crippen LogP contribution in [0.15, 0.2) is 30.3 Å². The van der Waals surface area contributed by atoms with Crippen molar-refractivity contribution in [3.05, 3.63) is 58.4 Å². The Kier molecular flexibility index (Phi) is 6.42. The molecule has 2 fully saturated rings. The summed E-state index contributed by atoms with van der Waals surface area (Å²) >= 11 is 0. The number of piperazine rings is 1. The van der Waals surface area contributed by atoms with Crippen molar-refractivity contribution in [1.82, 2.24) is 15.1 Å². The highest BCUT2D eigenvalue weighted by Crippen LogP contribution is 2.33. The molecular weight excluding hydrogens is 461 g/mol. The molecule has 5 rings (SSSR count). The van der Waals surface area contributed by atoms with Gasteiger partial charge in [0.25, 0.3) is 5.91 Å². The van der Waals surface area contributed by atoms with Crippen LogP contribution in [0.3, 0.4) is 0 Å². The number of rotatable bonds is 5. The lowest BCUT2D eigenvalue weighted by Gasteiger charge is -2.36. The number of nitrogens with one attached hydrogen (secondary N) is 1. The zero-order chi connectivity index (χ0) is 25.6. The summed E-state index contributed by atoms with van der Waals surface area (Å²) in [6.45, 7) is 6.23. The normalized spacial score (nSPS) is 20.6. The summed E-state index contributed by atoms with van der Waals surface area (Å²) in [7, 11) is 4.09. The maximum atomic E-state index is 15.1. The fraction of sp³-hybridized carbons (Fsp3) is 0.444. The van der Waals surface area contributed by atoms with E-state index in [1.54, 1.807) is 6.07 Å². The van der Waals surface area contributed by atoms with Gasteiger partial charge >= 0.3 is 0 Å². The molecule has 2 saturated heterocycles. The average Bonchev–Trinajstić information content (AvgIpc) is 3.14. The van der Waals surface area contributed by atoms with E-state index in [0.717, 1.165) is 25.2 Å². The molecule has 0 spiro atoms. The van der Waals surface area contributed by atoms with Crippen LogP contribution < -0.4 is 15.1 Å². The molecule has 1 unspecified atom stereocenters. The monoisotopic (exact) mass is 493 g/mol. The molecular formula is C27H32FN5O3. The molecule has 0 aliphatic carbocycles. The van der Waals surface area contributed by atoms with E-state index < -0.39 is 17.8 Å². The lowest BCUT2D eigenvalue weighted by atomic mass is 10.0. The van der Waals surface area contributed by atoms with Gasteiger partial charge in [0.15, 0.2) is 0 Å². The van der Waals surface area contributed by atoms with Crippen LogP contribution in [0, 0.1) is 12.7 Å². The Morgan fingerprint density at radius 3 is 2.47 bits per heavy atom. The van der Waals surface area contributed by atoms with Crippen molar-refractivity contribution in [2.75, 3.05) is 50.1 Å². The Morgan fingerprint density at radius 1 is 1.06 bits per heavy atom. The molecule has 0 saturated carbocycles. The number of benzene rings is 2. The largest absolute Gasteiger partial charge is 0.377 e. The maximum Gasteiger partial charge on any atom is 0.255 e. The zero-order valence-electron chi connectivity index (χ0n) is 21.0. The van der Waals surface area contributed by atoms with Gasteiger partial charge in [0, 0.05) is 71.0 Å². The summed E-state index contributed by atoms with van der Waals surface area (Å²) in [5.41, 5.74) is 5.25. The van der Waals surface area contributed by atoms with Gasteiger partial charge in [0.05, 0.1) is 5.69 Å². The van der Waals surface area contributed by atoms with Crippen molar-refractivity contribution in [3.63, 3.8) is 0 Å². The predicted molar refractivity (Wildman–Crippen MR) is 135 cm³/mol. The van der Waals surface area contributed by atoms with Crippen molar-refractivity contribution in [1.29, 1.82) is 0 Å². The van der Waals surface area contributed by atoms with Gasteiger partial charge in [-0.2, -0.15) is 0 Å². The van der Waals surface area contributed by atoms with Crippen molar-refractivity contribution in [2.24, 2.45) is 0 Å². The summed E-state index contributed by atoms with van der Waals surface area (Å²) in [4.78, 5) is 44.7. The summed E-state index contributed by atoms with van der Waals surface area (Å²) in [6.07, 6.45) is 0.485. The number of fused-ring (bicyclic) bond motifs is 1. The van der Waals surface area contributed by atoms with E-state index in [9.17, 15) is 14.4 Å². The molecule has 3 aliphatic heterocycles. The molecule has 9 heteroatoms. The minimum atomic E-state index is -0.701. The second kappa shape index (κ2) is 9.54. The number of hydrogen-bond acceptors (Lipinski definition) is 6. The highest BCUT2D eigenvalue weighted by Gasteiger charge is 2.40. The summed E-state index contributed by atoms with van der Waals surface area (Å²) in [6, 6.07) is 8.91. The first kappa shape index (κ1) is 24.2. The Morgan fingerprint density at radius 2 is 1.81 bits per heavy atom. The molecule has 2 aromatic rings. The molecule has 8 nitrogen and oxygen atoms in total. The van der Waals surface area contributed by atoms with E-state index in [2.05, 4.69) is 40.2 Å². The lowest BCUT2D eigenvalue weighted by molar-refractivity contribution is -0.136. The Labute approximate surface area is 210 Å². The molecule has 3 heterocycles. The highest BCUT2D eigenvalue weighted by molar-refractivity contribution is 6.05. The number of halogens is 1. The van der Waals surface area contributed by atoms with E-state index in [-0.39, 0.29) is 24.8 Å². The molecule has 1 atom stereocenters. The predicted octanol–water partition coefficient (Wildman–Crippen LogP) is 2.28. The van der Waals surface area contributed by atoms with Crippen LogP contribution in [-0.4, -0.2) is 73.8 Å². The lowest BCUT2D eigenvalue weighted by Crippen LogP contribution is -2.52. The zero-order valence-corrected chi connectivity index (χ0v) is 21.0. The van der Waals surface area contributed by atoms with Gasteiger partial charge in [-0.1, -0.05) is 12.1 Å². The summed E-state index contributed by atoms with van der Waals surface area (Å²) in [5.74, 6) is -1.56. The third kappa shape index (κ3) is 4.55. The van der Waals surface area contributed by atoms with Gasteiger partial charge in [-0.25, -0.2) is 4.39 Å². The van der Waals surface area contributed by atoms with Crippen LogP contribution in [0.5, 0.6) is 0 Å². The quantitative estimate of drug-likeness (QED) is 0.645. The first-order chi connectivity index (χ1) is 17.2. The van der Waals surface area contributed by atoms with Gasteiger partial charge in [0.1, 0.15) is 11.9 Å². The number of nitrogens with zero attached hydrogens (tertiary/aromatic N) is 4. The van der Waals surface area contributed by atoms with Crippen LogP contribution in [0.2, 0.25) is 0 Å². The minimum absolute atomic E-state index is 0.194. The standard InChI is InChI=1S/C27H32FN5O3/c1-17-12-18(4-5-22(17)30(2)3)15-31-8-10-32(11-9-31)24-13-19-16-33(27(36)20(19)14-21(24)28)23-6-7-25(34)29-26(23)35/h4-5,12-14,23H,6-11,15-16H2,1-3H3,(H,29,34,35). The Bertz CT molecular complexity index is 1220. The minimum Gasteiger partial charge on any atom is -0.377 e. The number of anilines is 2. The van der Waals surface area contributed by atoms with Crippen LogP contribution in [-0.2, 0) is 22.7 Å². The van der Waals surface area contributed by atoms with Crippen LogP contribution in [0.4, 0.5) is 15.8 Å². The topological polar surface area (TPSA) is 76.2 Å². The summed E-state index contributed by atoms with van der Waals surface area (Å²) < 4.78 is 15.1. The Hall–Kier alpha value is -3.46. The fourth-order valence-corrected chi connectivity index (χ4v) is 5.54. The first-order valence-electron chi connectivity index (χ1n) is 12.4. The molecule has 190 valence electrons. The van der Waals surface area contributed by atoms with Crippen molar-refractivity contribution < 1.29 is 18.8 Å². The van der Waals surface area contributed by atoms with Gasteiger partial charge in [-0.15, -0.1) is 0 Å². The van der Waals surface area contributed by atoms with Crippen molar-refractivity contribution in [3.8, 4) is 0 Å². The van der Waals surface area contributed by atoms with Crippen LogP contribution in [0.1, 0.15) is 39.9 Å². The van der Waals surface area contributed by atoms with Gasteiger partial charge in [-0.3, -0.25) is 24.6 Å². The third-order valence-corrected chi connectivity index (χ3v) is 7.45. The number of aryl methyl sites for hydroxylation is 1.